The zero-order valence-electron chi connectivity index (χ0n) is 12.7. The summed E-state index contributed by atoms with van der Waals surface area (Å²) in [6.07, 6.45) is 3.84. The molecule has 0 unspecified atom stereocenters. The highest BCUT2D eigenvalue weighted by Gasteiger charge is 2.24. The van der Waals surface area contributed by atoms with E-state index in [1.54, 1.807) is 0 Å². The Bertz CT molecular complexity index is 937. The van der Waals surface area contributed by atoms with E-state index in [9.17, 15) is 4.79 Å². The Kier molecular flexibility index (Phi) is 3.15. The molecule has 2 aromatic carbocycles. The molecule has 4 heteroatoms. The Morgan fingerprint density at radius 1 is 1.17 bits per heavy atom. The van der Waals surface area contributed by atoms with Gasteiger partial charge < -0.3 is 15.0 Å². The number of aromatic nitrogens is 1. The van der Waals surface area contributed by atoms with Gasteiger partial charge in [-0.15, -0.1) is 0 Å². The lowest BCUT2D eigenvalue weighted by molar-refractivity contribution is -0.110. The summed E-state index contributed by atoms with van der Waals surface area (Å²) in [5.41, 5.74) is 4.41. The summed E-state index contributed by atoms with van der Waals surface area (Å²) < 4.78 is 5.49. The van der Waals surface area contributed by atoms with Gasteiger partial charge in [0.15, 0.2) is 0 Å². The molecule has 4 nitrogen and oxygen atoms in total. The number of rotatable bonds is 3. The van der Waals surface area contributed by atoms with Crippen molar-refractivity contribution in [2.24, 2.45) is 0 Å². The van der Waals surface area contributed by atoms with E-state index in [0.29, 0.717) is 12.2 Å². The Balaban J connectivity index is 1.81. The third kappa shape index (κ3) is 2.28. The first-order valence-corrected chi connectivity index (χ1v) is 7.62. The van der Waals surface area contributed by atoms with Gasteiger partial charge in [-0.2, -0.15) is 0 Å². The van der Waals surface area contributed by atoms with Crippen LogP contribution in [-0.2, 0) is 4.79 Å². The number of ether oxygens (including phenoxy) is 1. The fraction of sp³-hybridized carbons (Fsp3) is 0.105. The number of aromatic amines is 1. The third-order valence-electron chi connectivity index (χ3n) is 4.00. The van der Waals surface area contributed by atoms with Crippen LogP contribution in [0.3, 0.4) is 0 Å². The first-order chi connectivity index (χ1) is 11.3. The van der Waals surface area contributed by atoms with Crippen LogP contribution in [0.25, 0.3) is 22.6 Å². The standard InChI is InChI=1S/C19H16N2O2/c1-2-23-14-6-7-15-16(19(22)21-17(15)11-14)10-13-5-3-4-12-8-9-20-18(12)13/h3-11,20H,2H2,1H3,(H,21,22)/b16-10+. The number of H-pyrrole nitrogens is 1. The van der Waals surface area contributed by atoms with Crippen LogP contribution >= 0.6 is 0 Å². The van der Waals surface area contributed by atoms with Gasteiger partial charge in [-0.3, -0.25) is 4.79 Å². The molecule has 0 radical (unpaired) electrons. The van der Waals surface area contributed by atoms with E-state index in [0.717, 1.165) is 33.5 Å². The van der Waals surface area contributed by atoms with Crippen LogP contribution in [0.2, 0.25) is 0 Å². The predicted octanol–water partition coefficient (Wildman–Crippen LogP) is 4.06. The molecule has 2 N–H and O–H groups in total. The molecule has 1 amide bonds. The van der Waals surface area contributed by atoms with E-state index in [-0.39, 0.29) is 5.91 Å². The van der Waals surface area contributed by atoms with E-state index in [1.165, 1.54) is 0 Å². The molecule has 0 bridgehead atoms. The van der Waals surface area contributed by atoms with Gasteiger partial charge in [-0.05, 0) is 42.1 Å². The smallest absolute Gasteiger partial charge is 0.256 e. The van der Waals surface area contributed by atoms with Crippen molar-refractivity contribution in [1.82, 2.24) is 4.98 Å². The Labute approximate surface area is 133 Å². The van der Waals surface area contributed by atoms with Crippen molar-refractivity contribution in [1.29, 1.82) is 0 Å². The number of benzene rings is 2. The average molecular weight is 304 g/mol. The molecule has 0 saturated carbocycles. The molecule has 4 rings (SSSR count). The fourth-order valence-electron chi connectivity index (χ4n) is 2.96. The second-order valence-corrected chi connectivity index (χ2v) is 5.44. The van der Waals surface area contributed by atoms with Crippen molar-refractivity contribution in [3.63, 3.8) is 0 Å². The first-order valence-electron chi connectivity index (χ1n) is 7.62. The molecule has 23 heavy (non-hydrogen) atoms. The van der Waals surface area contributed by atoms with Crippen LogP contribution in [0, 0.1) is 0 Å². The minimum absolute atomic E-state index is 0.0859. The molecule has 1 aromatic heterocycles. The minimum atomic E-state index is -0.0859. The highest BCUT2D eigenvalue weighted by Crippen LogP contribution is 2.36. The molecule has 0 spiro atoms. The summed E-state index contributed by atoms with van der Waals surface area (Å²) in [5, 5.41) is 4.04. The number of nitrogens with one attached hydrogen (secondary N) is 2. The fourth-order valence-corrected chi connectivity index (χ4v) is 2.96. The maximum absolute atomic E-state index is 12.3. The number of carbonyl (C=O) groups excluding carboxylic acids is 1. The second kappa shape index (κ2) is 5.32. The van der Waals surface area contributed by atoms with Gasteiger partial charge in [0, 0.05) is 23.4 Å². The quantitative estimate of drug-likeness (QED) is 0.717. The van der Waals surface area contributed by atoms with Crippen molar-refractivity contribution < 1.29 is 9.53 Å². The molecule has 1 aliphatic rings. The molecule has 2 heterocycles. The van der Waals surface area contributed by atoms with Gasteiger partial charge in [0.25, 0.3) is 5.91 Å². The molecular formula is C19H16N2O2. The van der Waals surface area contributed by atoms with E-state index < -0.39 is 0 Å². The topological polar surface area (TPSA) is 54.1 Å². The molecule has 0 saturated heterocycles. The van der Waals surface area contributed by atoms with Crippen molar-refractivity contribution >= 4 is 34.1 Å². The zero-order valence-corrected chi connectivity index (χ0v) is 12.7. The number of fused-ring (bicyclic) bond motifs is 2. The Morgan fingerprint density at radius 3 is 2.96 bits per heavy atom. The predicted molar refractivity (Wildman–Crippen MR) is 92.4 cm³/mol. The second-order valence-electron chi connectivity index (χ2n) is 5.44. The summed E-state index contributed by atoms with van der Waals surface area (Å²) in [4.78, 5) is 15.6. The Hall–Kier alpha value is -3.01. The van der Waals surface area contributed by atoms with Gasteiger partial charge in [-0.1, -0.05) is 18.2 Å². The number of para-hydroxylation sites is 1. The third-order valence-corrected chi connectivity index (χ3v) is 4.00. The number of hydrogen-bond acceptors (Lipinski definition) is 2. The number of amides is 1. The first kappa shape index (κ1) is 13.6. The van der Waals surface area contributed by atoms with Crippen LogP contribution in [0.15, 0.2) is 48.7 Å². The lowest BCUT2D eigenvalue weighted by atomic mass is 10.0. The SMILES string of the molecule is CCOc1ccc2c(c1)NC(=O)/C2=C/c1cccc2cc[nH]c12. The van der Waals surface area contributed by atoms with Crippen LogP contribution in [0.5, 0.6) is 5.75 Å². The zero-order chi connectivity index (χ0) is 15.8. The number of carbonyl (C=O) groups is 1. The minimum Gasteiger partial charge on any atom is -0.494 e. The van der Waals surface area contributed by atoms with Gasteiger partial charge in [0.05, 0.1) is 17.8 Å². The van der Waals surface area contributed by atoms with Crippen molar-refractivity contribution in [3.05, 3.63) is 59.8 Å². The van der Waals surface area contributed by atoms with Crippen LogP contribution < -0.4 is 10.1 Å². The summed E-state index contributed by atoms with van der Waals surface area (Å²) >= 11 is 0. The van der Waals surface area contributed by atoms with E-state index >= 15 is 0 Å². The molecule has 1 aliphatic heterocycles. The molecule has 0 aliphatic carbocycles. The highest BCUT2D eigenvalue weighted by molar-refractivity contribution is 6.35. The number of hydrogen-bond donors (Lipinski definition) is 2. The largest absolute Gasteiger partial charge is 0.494 e. The normalized spacial score (nSPS) is 15.0. The van der Waals surface area contributed by atoms with E-state index in [4.69, 9.17) is 4.74 Å². The Morgan fingerprint density at radius 2 is 2.09 bits per heavy atom. The van der Waals surface area contributed by atoms with E-state index in [2.05, 4.69) is 10.3 Å². The van der Waals surface area contributed by atoms with Crippen molar-refractivity contribution in [3.8, 4) is 5.75 Å². The molecule has 0 atom stereocenters. The monoisotopic (exact) mass is 304 g/mol. The lowest BCUT2D eigenvalue weighted by Gasteiger charge is -2.05. The van der Waals surface area contributed by atoms with Gasteiger partial charge in [0.2, 0.25) is 0 Å². The van der Waals surface area contributed by atoms with E-state index in [1.807, 2.05) is 61.7 Å². The lowest BCUT2D eigenvalue weighted by Crippen LogP contribution is -2.03. The van der Waals surface area contributed by atoms with Crippen LogP contribution in [0.1, 0.15) is 18.1 Å². The highest BCUT2D eigenvalue weighted by atomic mass is 16.5. The van der Waals surface area contributed by atoms with Gasteiger partial charge >= 0.3 is 0 Å². The van der Waals surface area contributed by atoms with Crippen LogP contribution in [0.4, 0.5) is 5.69 Å². The summed E-state index contributed by atoms with van der Waals surface area (Å²) in [6, 6.07) is 13.8. The van der Waals surface area contributed by atoms with Crippen molar-refractivity contribution in [2.45, 2.75) is 6.92 Å². The number of anilines is 1. The molecule has 0 fully saturated rings. The maximum Gasteiger partial charge on any atom is 0.256 e. The summed E-state index contributed by atoms with van der Waals surface area (Å²) in [7, 11) is 0. The van der Waals surface area contributed by atoms with Crippen molar-refractivity contribution in [2.75, 3.05) is 11.9 Å². The summed E-state index contributed by atoms with van der Waals surface area (Å²) in [6.45, 7) is 2.54. The average Bonchev–Trinajstić information content (AvgIpc) is 3.13. The molecule has 3 aromatic rings. The molecule has 114 valence electrons. The summed E-state index contributed by atoms with van der Waals surface area (Å²) in [5.74, 6) is 0.677. The van der Waals surface area contributed by atoms with Gasteiger partial charge in [0.1, 0.15) is 5.75 Å². The maximum atomic E-state index is 12.3. The van der Waals surface area contributed by atoms with Gasteiger partial charge in [-0.25, -0.2) is 0 Å². The molecular weight excluding hydrogens is 288 g/mol. The van der Waals surface area contributed by atoms with Crippen LogP contribution in [-0.4, -0.2) is 17.5 Å².